The second-order valence-electron chi connectivity index (χ2n) is 5.20. The van der Waals surface area contributed by atoms with Crippen LogP contribution >= 0.6 is 11.6 Å². The molecule has 0 unspecified atom stereocenters. The van der Waals surface area contributed by atoms with Crippen LogP contribution in [0.2, 0.25) is 5.28 Å². The Balaban J connectivity index is 2.44. The van der Waals surface area contributed by atoms with Crippen molar-refractivity contribution in [3.05, 3.63) is 29.0 Å². The minimum atomic E-state index is -0.312. The normalized spacial score (nSPS) is 11.8. The molecule has 0 fully saturated rings. The summed E-state index contributed by atoms with van der Waals surface area (Å²) in [5.74, 6) is 0.729. The number of aromatic nitrogens is 2. The molecule has 0 aliphatic heterocycles. The number of aryl methyl sites for hydroxylation is 1. The van der Waals surface area contributed by atoms with E-state index in [1.165, 1.54) is 0 Å². The zero-order valence-corrected chi connectivity index (χ0v) is 11.5. The maximum atomic E-state index is 5.96. The average molecular weight is 265 g/mol. The molecule has 0 spiro atoms. The van der Waals surface area contributed by atoms with Crippen LogP contribution in [-0.4, -0.2) is 22.1 Å². The van der Waals surface area contributed by atoms with Crippen molar-refractivity contribution in [3.63, 3.8) is 0 Å². The van der Waals surface area contributed by atoms with Gasteiger partial charge in [0.15, 0.2) is 0 Å². The third kappa shape index (κ3) is 3.09. The largest absolute Gasteiger partial charge is 0.368 e. The first-order valence-electron chi connectivity index (χ1n) is 5.82. The van der Waals surface area contributed by atoms with Crippen molar-refractivity contribution in [3.8, 4) is 0 Å². The minimum absolute atomic E-state index is 0.240. The number of fused-ring (bicyclic) bond motifs is 1. The highest BCUT2D eigenvalue weighted by atomic mass is 35.5. The van der Waals surface area contributed by atoms with E-state index in [4.69, 9.17) is 17.3 Å². The molecule has 0 radical (unpaired) electrons. The smallest absolute Gasteiger partial charge is 0.224 e. The van der Waals surface area contributed by atoms with E-state index in [1.54, 1.807) is 0 Å². The Morgan fingerprint density at radius 3 is 2.72 bits per heavy atom. The molecule has 0 atom stereocenters. The van der Waals surface area contributed by atoms with Crippen molar-refractivity contribution in [2.45, 2.75) is 26.3 Å². The first kappa shape index (κ1) is 13.1. The standard InChI is InChI=1S/C13H17ClN4/c1-8-4-5-10-9(6-8)11(18-12(14)17-10)16-7-13(2,3)15/h4-6H,7,15H2,1-3H3,(H,16,17,18). The van der Waals surface area contributed by atoms with Gasteiger partial charge in [-0.2, -0.15) is 0 Å². The van der Waals surface area contributed by atoms with E-state index >= 15 is 0 Å². The van der Waals surface area contributed by atoms with Gasteiger partial charge in [0.05, 0.1) is 5.52 Å². The summed E-state index contributed by atoms with van der Waals surface area (Å²) in [5.41, 5.74) is 7.63. The van der Waals surface area contributed by atoms with E-state index in [2.05, 4.69) is 15.3 Å². The van der Waals surface area contributed by atoms with Crippen molar-refractivity contribution in [1.29, 1.82) is 0 Å². The summed E-state index contributed by atoms with van der Waals surface area (Å²) in [5, 5.41) is 4.44. The second-order valence-corrected chi connectivity index (χ2v) is 5.54. The summed E-state index contributed by atoms with van der Waals surface area (Å²) >= 11 is 5.92. The van der Waals surface area contributed by atoms with Crippen LogP contribution in [0.5, 0.6) is 0 Å². The van der Waals surface area contributed by atoms with Gasteiger partial charge in [0.2, 0.25) is 5.28 Å². The van der Waals surface area contributed by atoms with Crippen molar-refractivity contribution in [1.82, 2.24) is 9.97 Å². The number of nitrogens with one attached hydrogen (secondary N) is 1. The third-order valence-electron chi connectivity index (χ3n) is 2.54. The molecule has 4 nitrogen and oxygen atoms in total. The SMILES string of the molecule is Cc1ccc2nc(Cl)nc(NCC(C)(C)N)c2c1. The maximum Gasteiger partial charge on any atom is 0.224 e. The van der Waals surface area contributed by atoms with Crippen LogP contribution < -0.4 is 11.1 Å². The molecule has 3 N–H and O–H groups in total. The number of nitrogens with zero attached hydrogens (tertiary/aromatic N) is 2. The number of benzene rings is 1. The van der Waals surface area contributed by atoms with Crippen LogP contribution in [0.1, 0.15) is 19.4 Å². The van der Waals surface area contributed by atoms with E-state index in [1.807, 2.05) is 39.0 Å². The Kier molecular flexibility index (Phi) is 3.41. The van der Waals surface area contributed by atoms with Gasteiger partial charge in [-0.05, 0) is 44.5 Å². The van der Waals surface area contributed by atoms with Gasteiger partial charge in [-0.1, -0.05) is 11.6 Å². The van der Waals surface area contributed by atoms with Crippen LogP contribution in [0.15, 0.2) is 18.2 Å². The van der Waals surface area contributed by atoms with E-state index in [9.17, 15) is 0 Å². The molecule has 2 rings (SSSR count). The molecular weight excluding hydrogens is 248 g/mol. The van der Waals surface area contributed by atoms with Crippen molar-refractivity contribution >= 4 is 28.3 Å². The predicted molar refractivity (Wildman–Crippen MR) is 76.0 cm³/mol. The highest BCUT2D eigenvalue weighted by molar-refractivity contribution is 6.28. The summed E-state index contributed by atoms with van der Waals surface area (Å²) < 4.78 is 0. The Morgan fingerprint density at radius 2 is 2.06 bits per heavy atom. The van der Waals surface area contributed by atoms with Crippen LogP contribution in [0.25, 0.3) is 10.9 Å². The Hall–Kier alpha value is -1.39. The first-order chi connectivity index (χ1) is 8.35. The topological polar surface area (TPSA) is 63.8 Å². The molecule has 0 aliphatic carbocycles. The minimum Gasteiger partial charge on any atom is -0.368 e. The number of hydrogen-bond donors (Lipinski definition) is 2. The van der Waals surface area contributed by atoms with Crippen molar-refractivity contribution in [2.24, 2.45) is 5.73 Å². The van der Waals surface area contributed by atoms with Gasteiger partial charge in [-0.3, -0.25) is 0 Å². The zero-order chi connectivity index (χ0) is 13.3. The zero-order valence-electron chi connectivity index (χ0n) is 10.8. The lowest BCUT2D eigenvalue weighted by Gasteiger charge is -2.20. The van der Waals surface area contributed by atoms with Crippen LogP contribution in [0, 0.1) is 6.92 Å². The molecule has 0 amide bonds. The molecule has 96 valence electrons. The Bertz CT molecular complexity index is 575. The second kappa shape index (κ2) is 4.71. The van der Waals surface area contributed by atoms with E-state index < -0.39 is 0 Å². The average Bonchev–Trinajstić information content (AvgIpc) is 2.25. The van der Waals surface area contributed by atoms with Gasteiger partial charge >= 0.3 is 0 Å². The fourth-order valence-corrected chi connectivity index (χ4v) is 1.84. The van der Waals surface area contributed by atoms with Crippen molar-refractivity contribution in [2.75, 3.05) is 11.9 Å². The Morgan fingerprint density at radius 1 is 1.33 bits per heavy atom. The van der Waals surface area contributed by atoms with Crippen LogP contribution in [0.4, 0.5) is 5.82 Å². The van der Waals surface area contributed by atoms with Gasteiger partial charge in [-0.15, -0.1) is 0 Å². The maximum absolute atomic E-state index is 5.96. The number of nitrogens with two attached hydrogens (primary N) is 1. The lowest BCUT2D eigenvalue weighted by Crippen LogP contribution is -2.39. The monoisotopic (exact) mass is 264 g/mol. The molecule has 2 aromatic rings. The number of anilines is 1. The molecule has 0 saturated heterocycles. The molecule has 1 heterocycles. The number of rotatable bonds is 3. The highest BCUT2D eigenvalue weighted by Gasteiger charge is 2.12. The van der Waals surface area contributed by atoms with E-state index in [0.717, 1.165) is 22.3 Å². The summed E-state index contributed by atoms with van der Waals surface area (Å²) in [6.45, 7) is 6.56. The summed E-state index contributed by atoms with van der Waals surface area (Å²) in [6, 6.07) is 5.98. The first-order valence-corrected chi connectivity index (χ1v) is 6.20. The molecule has 1 aromatic heterocycles. The molecule has 5 heteroatoms. The van der Waals surface area contributed by atoms with Crippen LogP contribution in [-0.2, 0) is 0 Å². The van der Waals surface area contributed by atoms with E-state index in [-0.39, 0.29) is 10.8 Å². The molecule has 0 bridgehead atoms. The number of hydrogen-bond acceptors (Lipinski definition) is 4. The molecule has 1 aromatic carbocycles. The lowest BCUT2D eigenvalue weighted by molar-refractivity contribution is 0.549. The molecule has 18 heavy (non-hydrogen) atoms. The third-order valence-corrected chi connectivity index (χ3v) is 2.70. The summed E-state index contributed by atoms with van der Waals surface area (Å²) in [7, 11) is 0. The van der Waals surface area contributed by atoms with E-state index in [0.29, 0.717) is 6.54 Å². The molecule has 0 aliphatic rings. The van der Waals surface area contributed by atoms with Crippen molar-refractivity contribution < 1.29 is 0 Å². The van der Waals surface area contributed by atoms with Gasteiger partial charge in [0.25, 0.3) is 0 Å². The van der Waals surface area contributed by atoms with Crippen LogP contribution in [0.3, 0.4) is 0 Å². The molecular formula is C13H17ClN4. The van der Waals surface area contributed by atoms with Gasteiger partial charge in [-0.25, -0.2) is 9.97 Å². The van der Waals surface area contributed by atoms with Gasteiger partial charge < -0.3 is 11.1 Å². The van der Waals surface area contributed by atoms with Gasteiger partial charge in [0.1, 0.15) is 5.82 Å². The predicted octanol–water partition coefficient (Wildman–Crippen LogP) is 2.74. The lowest BCUT2D eigenvalue weighted by atomic mass is 10.1. The Labute approximate surface area is 112 Å². The number of halogens is 1. The quantitative estimate of drug-likeness (QED) is 0.837. The summed E-state index contributed by atoms with van der Waals surface area (Å²) in [4.78, 5) is 8.44. The fraction of sp³-hybridized carbons (Fsp3) is 0.385. The molecule has 0 saturated carbocycles. The fourth-order valence-electron chi connectivity index (χ4n) is 1.66. The summed E-state index contributed by atoms with van der Waals surface area (Å²) in [6.07, 6.45) is 0. The highest BCUT2D eigenvalue weighted by Crippen LogP contribution is 2.23. The van der Waals surface area contributed by atoms with Gasteiger partial charge in [0, 0.05) is 17.5 Å².